The molecule has 6 heterocycles. The number of benzene rings is 1. The molecule has 5 aliphatic heterocycles. The van der Waals surface area contributed by atoms with Crippen LogP contribution in [-0.4, -0.2) is 62.9 Å². The van der Waals surface area contributed by atoms with Gasteiger partial charge in [-0.15, -0.1) is 5.10 Å². The van der Waals surface area contributed by atoms with E-state index in [0.717, 1.165) is 57.3 Å². The van der Waals surface area contributed by atoms with Crippen LogP contribution in [0.3, 0.4) is 0 Å². The molecular formula is C30H40N4O6. The molecule has 5 saturated heterocycles. The van der Waals surface area contributed by atoms with Gasteiger partial charge in [0.2, 0.25) is 5.79 Å². The number of carbonyl (C=O) groups excluding carboxylic acids is 1. The first-order chi connectivity index (χ1) is 19.4. The number of amides is 1. The fraction of sp³-hybridized carbons (Fsp3) is 0.700. The zero-order chi connectivity index (χ0) is 27.5. The maximum atomic E-state index is 13.0. The highest BCUT2D eigenvalue weighted by Crippen LogP contribution is 2.60. The van der Waals surface area contributed by atoms with Crippen LogP contribution in [-0.2, 0) is 30.6 Å². The fourth-order valence-electron chi connectivity index (χ4n) is 7.78. The van der Waals surface area contributed by atoms with Gasteiger partial charge in [0, 0.05) is 36.9 Å². The van der Waals surface area contributed by atoms with Crippen molar-refractivity contribution < 1.29 is 28.8 Å². The summed E-state index contributed by atoms with van der Waals surface area (Å²) in [7, 11) is 0. The second kappa shape index (κ2) is 10.2. The lowest BCUT2D eigenvalue weighted by atomic mass is 9.58. The van der Waals surface area contributed by atoms with E-state index in [4.69, 9.17) is 24.0 Å². The van der Waals surface area contributed by atoms with Gasteiger partial charge >= 0.3 is 0 Å². The molecule has 10 nitrogen and oxygen atoms in total. The minimum absolute atomic E-state index is 0.0726. The van der Waals surface area contributed by atoms with Gasteiger partial charge < -0.3 is 19.1 Å². The Balaban J connectivity index is 1.05. The predicted octanol–water partition coefficient (Wildman–Crippen LogP) is 4.62. The SMILES string of the molecule is C[C@H]1[C@@H](OCc2cn(-c3cccc(C(=O)N4CCCCC4)c3)nn2)O[C@@H]2O[C@@]3(C)CC[C@H]4[C@H](C)CC[C@@H]1[C@@]24OO3. The van der Waals surface area contributed by atoms with E-state index >= 15 is 0 Å². The van der Waals surface area contributed by atoms with Crippen molar-refractivity contribution in [2.24, 2.45) is 23.7 Å². The van der Waals surface area contributed by atoms with Crippen LogP contribution in [0.15, 0.2) is 30.5 Å². The third kappa shape index (κ3) is 4.39. The molecule has 6 aliphatic rings. The smallest absolute Gasteiger partial charge is 0.253 e. The lowest BCUT2D eigenvalue weighted by Crippen LogP contribution is -2.70. The molecule has 0 radical (unpaired) electrons. The largest absolute Gasteiger partial charge is 0.346 e. The Labute approximate surface area is 235 Å². The standard InChI is InChI=1S/C30H40N4O6/c1-19-10-11-25-20(2)27(37-28-30(25)24(19)12-13-29(3,38-28)39-40-30)36-18-22-17-34(32-31-22)23-9-7-8-21(16-23)26(35)33-14-5-4-6-15-33/h7-9,16-17,19-20,24-25,27-28H,4-6,10-15,18H2,1-3H3/t19-,20-,24+,25+,27+,28-,29-,30-/m1/s1. The summed E-state index contributed by atoms with van der Waals surface area (Å²) >= 11 is 0. The van der Waals surface area contributed by atoms with E-state index in [1.54, 1.807) is 4.68 Å². The van der Waals surface area contributed by atoms with Crippen molar-refractivity contribution in [3.63, 3.8) is 0 Å². The average Bonchev–Trinajstić information content (AvgIpc) is 3.34. The predicted molar refractivity (Wildman–Crippen MR) is 143 cm³/mol. The Hall–Kier alpha value is -2.37. The Morgan fingerprint density at radius 2 is 1.95 bits per heavy atom. The summed E-state index contributed by atoms with van der Waals surface area (Å²) in [6, 6.07) is 7.57. The van der Waals surface area contributed by atoms with E-state index in [-0.39, 0.29) is 24.3 Å². The quantitative estimate of drug-likeness (QED) is 0.496. The molecule has 1 aromatic heterocycles. The monoisotopic (exact) mass is 552 g/mol. The molecule has 1 aromatic carbocycles. The van der Waals surface area contributed by atoms with Gasteiger partial charge in [0.25, 0.3) is 5.91 Å². The number of nitrogens with zero attached hydrogens (tertiary/aromatic N) is 4. The van der Waals surface area contributed by atoms with Gasteiger partial charge in [-0.05, 0) is 75.5 Å². The molecule has 10 heteroatoms. The lowest BCUT2D eigenvalue weighted by molar-refractivity contribution is -0.577. The molecule has 1 aliphatic carbocycles. The van der Waals surface area contributed by atoms with Crippen LogP contribution < -0.4 is 0 Å². The van der Waals surface area contributed by atoms with Crippen molar-refractivity contribution in [1.29, 1.82) is 0 Å². The summed E-state index contributed by atoms with van der Waals surface area (Å²) in [6.07, 6.45) is 8.12. The number of aromatic nitrogens is 3. The van der Waals surface area contributed by atoms with Crippen LogP contribution in [0.4, 0.5) is 0 Å². The Kier molecular flexibility index (Phi) is 6.74. The first kappa shape index (κ1) is 26.5. The summed E-state index contributed by atoms with van der Waals surface area (Å²) in [5.74, 6) is 0.396. The molecule has 1 amide bonds. The van der Waals surface area contributed by atoms with Crippen LogP contribution in [0.1, 0.15) is 81.8 Å². The van der Waals surface area contributed by atoms with Crippen molar-refractivity contribution in [3.8, 4) is 5.69 Å². The summed E-state index contributed by atoms with van der Waals surface area (Å²) in [4.78, 5) is 27.1. The number of carbonyl (C=O) groups is 1. The van der Waals surface area contributed by atoms with E-state index in [1.165, 1.54) is 6.42 Å². The first-order valence-corrected chi connectivity index (χ1v) is 15.0. The van der Waals surface area contributed by atoms with Crippen LogP contribution >= 0.6 is 0 Å². The summed E-state index contributed by atoms with van der Waals surface area (Å²) < 4.78 is 21.0. The molecule has 0 N–H and O–H groups in total. The number of fused-ring (bicyclic) bond motifs is 2. The minimum Gasteiger partial charge on any atom is -0.346 e. The van der Waals surface area contributed by atoms with Crippen molar-refractivity contribution >= 4 is 5.91 Å². The van der Waals surface area contributed by atoms with Gasteiger partial charge in [0.1, 0.15) is 5.69 Å². The summed E-state index contributed by atoms with van der Waals surface area (Å²) in [5.41, 5.74) is 1.55. The second-order valence-corrected chi connectivity index (χ2v) is 12.6. The number of rotatable bonds is 5. The number of hydrogen-bond acceptors (Lipinski definition) is 8. The number of ether oxygens (including phenoxy) is 3. The minimum atomic E-state index is -0.810. The zero-order valence-electron chi connectivity index (χ0n) is 23.7. The highest BCUT2D eigenvalue weighted by molar-refractivity contribution is 5.94. The van der Waals surface area contributed by atoms with Gasteiger partial charge in [0.15, 0.2) is 18.2 Å². The molecular weight excluding hydrogens is 512 g/mol. The summed E-state index contributed by atoms with van der Waals surface area (Å²) in [6.45, 7) is 8.32. The van der Waals surface area contributed by atoms with Gasteiger partial charge in [0.05, 0.1) is 18.5 Å². The molecule has 8 rings (SSSR count). The van der Waals surface area contributed by atoms with Gasteiger partial charge in [-0.3, -0.25) is 4.79 Å². The summed E-state index contributed by atoms with van der Waals surface area (Å²) in [5, 5.41) is 8.66. The number of likely N-dealkylation sites (tertiary alicyclic amines) is 1. The topological polar surface area (TPSA) is 97.2 Å². The molecule has 8 atom stereocenters. The van der Waals surface area contributed by atoms with Crippen molar-refractivity contribution in [2.75, 3.05) is 13.1 Å². The lowest BCUT2D eigenvalue weighted by Gasteiger charge is -2.60. The van der Waals surface area contributed by atoms with Gasteiger partial charge in [-0.1, -0.05) is 25.1 Å². The van der Waals surface area contributed by atoms with Gasteiger partial charge in [-0.25, -0.2) is 14.5 Å². The highest BCUT2D eigenvalue weighted by atomic mass is 17.3. The maximum Gasteiger partial charge on any atom is 0.253 e. The van der Waals surface area contributed by atoms with E-state index in [0.29, 0.717) is 23.1 Å². The number of piperidine rings is 1. The Morgan fingerprint density at radius 3 is 2.80 bits per heavy atom. The molecule has 2 bridgehead atoms. The molecule has 0 unspecified atom stereocenters. The maximum absolute atomic E-state index is 13.0. The van der Waals surface area contributed by atoms with Crippen LogP contribution in [0.5, 0.6) is 0 Å². The molecule has 1 saturated carbocycles. The molecule has 6 fully saturated rings. The third-order valence-corrected chi connectivity index (χ3v) is 10.0. The Bertz CT molecular complexity index is 1250. The van der Waals surface area contributed by atoms with Crippen molar-refractivity contribution in [3.05, 3.63) is 41.7 Å². The van der Waals surface area contributed by atoms with Crippen LogP contribution in [0, 0.1) is 23.7 Å². The van der Waals surface area contributed by atoms with Crippen molar-refractivity contribution in [1.82, 2.24) is 19.9 Å². The van der Waals surface area contributed by atoms with E-state index in [9.17, 15) is 4.79 Å². The van der Waals surface area contributed by atoms with Crippen LogP contribution in [0.2, 0.25) is 0 Å². The average molecular weight is 553 g/mol. The van der Waals surface area contributed by atoms with E-state index in [2.05, 4.69) is 24.2 Å². The third-order valence-electron chi connectivity index (χ3n) is 10.0. The number of hydrogen-bond donors (Lipinski definition) is 0. The highest BCUT2D eigenvalue weighted by Gasteiger charge is 2.69. The second-order valence-electron chi connectivity index (χ2n) is 12.6. The first-order valence-electron chi connectivity index (χ1n) is 15.0. The molecule has 40 heavy (non-hydrogen) atoms. The molecule has 1 spiro atoms. The van der Waals surface area contributed by atoms with Crippen LogP contribution in [0.25, 0.3) is 5.69 Å². The Morgan fingerprint density at radius 1 is 1.10 bits per heavy atom. The van der Waals surface area contributed by atoms with E-state index < -0.39 is 24.0 Å². The van der Waals surface area contributed by atoms with Crippen molar-refractivity contribution in [2.45, 2.75) is 96.3 Å². The molecule has 216 valence electrons. The molecule has 2 aromatic rings. The normalized spacial score (nSPS) is 39.0. The van der Waals surface area contributed by atoms with E-state index in [1.807, 2.05) is 42.3 Å². The van der Waals surface area contributed by atoms with Gasteiger partial charge in [-0.2, -0.15) is 0 Å². The zero-order valence-corrected chi connectivity index (χ0v) is 23.7. The fourth-order valence-corrected chi connectivity index (χ4v) is 7.78.